The summed E-state index contributed by atoms with van der Waals surface area (Å²) in [5, 5.41) is 27.1. The van der Waals surface area contributed by atoms with Crippen molar-refractivity contribution in [2.24, 2.45) is 0 Å². The first-order valence-corrected chi connectivity index (χ1v) is 6.31. The number of aromatic nitrogens is 3. The van der Waals surface area contributed by atoms with E-state index in [-0.39, 0.29) is 11.5 Å². The molecule has 0 spiro atoms. The molecule has 0 amide bonds. The van der Waals surface area contributed by atoms with Crippen LogP contribution in [0.3, 0.4) is 0 Å². The van der Waals surface area contributed by atoms with Crippen LogP contribution in [-0.4, -0.2) is 31.4 Å². The number of carbonyl (C=O) groups excluding carboxylic acids is 1. The molecule has 0 aliphatic rings. The smallest absolute Gasteiger partial charge is 0.335 e. The summed E-state index contributed by atoms with van der Waals surface area (Å²) in [6.07, 6.45) is 1.05. The van der Waals surface area contributed by atoms with Gasteiger partial charge in [-0.2, -0.15) is 0 Å². The molecule has 7 nitrogen and oxygen atoms in total. The Labute approximate surface area is 124 Å². The Balaban J connectivity index is 2.15. The molecule has 3 aromatic rings. The van der Waals surface area contributed by atoms with Crippen molar-refractivity contribution in [2.45, 2.75) is 0 Å². The Morgan fingerprint density at radius 3 is 2.82 bits per heavy atom. The minimum Gasteiger partial charge on any atom is -0.507 e. The van der Waals surface area contributed by atoms with Crippen molar-refractivity contribution in [3.63, 3.8) is 0 Å². The van der Waals surface area contributed by atoms with E-state index in [0.29, 0.717) is 27.1 Å². The van der Waals surface area contributed by atoms with E-state index in [1.807, 2.05) is 0 Å². The number of ether oxygens (including phenoxy) is 1. The number of aromatic hydroxyl groups is 1. The van der Waals surface area contributed by atoms with Gasteiger partial charge in [-0.3, -0.25) is 0 Å². The highest BCUT2D eigenvalue weighted by Crippen LogP contribution is 2.35. The van der Waals surface area contributed by atoms with Crippen LogP contribution in [0, 0.1) is 0 Å². The molecule has 110 valence electrons. The molecule has 0 saturated carbocycles. The highest BCUT2D eigenvalue weighted by atomic mass is 16.5. The van der Waals surface area contributed by atoms with Gasteiger partial charge in [-0.05, 0) is 29.2 Å². The van der Waals surface area contributed by atoms with Gasteiger partial charge in [-0.15, -0.1) is 10.2 Å². The number of fused-ring (bicyclic) bond motifs is 1. The number of rotatable bonds is 3. The van der Waals surface area contributed by atoms with E-state index < -0.39 is 5.97 Å². The second-order valence-corrected chi connectivity index (χ2v) is 4.45. The van der Waals surface area contributed by atoms with E-state index in [0.717, 1.165) is 6.08 Å². The maximum absolute atomic E-state index is 11.3. The largest absolute Gasteiger partial charge is 0.507 e. The van der Waals surface area contributed by atoms with Crippen LogP contribution in [0.2, 0.25) is 0 Å². The van der Waals surface area contributed by atoms with Crippen LogP contribution < -0.4 is 4.74 Å². The predicted octanol–water partition coefficient (Wildman–Crippen LogP) is 2.13. The molecule has 2 N–H and O–H groups in total. The van der Waals surface area contributed by atoms with Crippen LogP contribution in [0.25, 0.3) is 22.2 Å². The third-order valence-corrected chi connectivity index (χ3v) is 3.04. The lowest BCUT2D eigenvalue weighted by molar-refractivity contribution is -0.128. The van der Waals surface area contributed by atoms with Crippen molar-refractivity contribution in [1.29, 1.82) is 0 Å². The normalized spacial score (nSPS) is 10.5. The van der Waals surface area contributed by atoms with E-state index in [2.05, 4.69) is 16.8 Å². The van der Waals surface area contributed by atoms with Crippen molar-refractivity contribution in [2.75, 3.05) is 0 Å². The molecule has 0 unspecified atom stereocenters. The summed E-state index contributed by atoms with van der Waals surface area (Å²) in [5.41, 5.74) is 1.83. The highest BCUT2D eigenvalue weighted by molar-refractivity contribution is 5.93. The van der Waals surface area contributed by atoms with E-state index in [4.69, 9.17) is 4.74 Å². The zero-order chi connectivity index (χ0) is 15.7. The number of nitrogens with zero attached hydrogens (tertiary/aromatic N) is 3. The van der Waals surface area contributed by atoms with E-state index in [1.165, 1.54) is 18.2 Å². The molecular formula is C15H11N3O4. The Morgan fingerprint density at radius 2 is 2.05 bits per heavy atom. The molecule has 0 radical (unpaired) electrons. The fourth-order valence-electron chi connectivity index (χ4n) is 2.09. The fraction of sp³-hybridized carbons (Fsp3) is 0. The SMILES string of the molecule is C=CC(=O)Oc1ccc(O)c(-c2cccc3nn(O)nc23)c1. The van der Waals surface area contributed by atoms with Gasteiger partial charge in [0.25, 0.3) is 0 Å². The Morgan fingerprint density at radius 1 is 1.23 bits per heavy atom. The lowest BCUT2D eigenvalue weighted by Gasteiger charge is -2.08. The standard InChI is InChI=1S/C15H11N3O4/c1-2-14(20)22-9-6-7-13(19)11(8-9)10-4-3-5-12-15(10)17-18(21)16-12/h2-8,19,21H,1H2. The summed E-state index contributed by atoms with van der Waals surface area (Å²) >= 11 is 0. The third kappa shape index (κ3) is 2.35. The number of carbonyl (C=O) groups is 1. The molecule has 1 heterocycles. The maximum atomic E-state index is 11.3. The van der Waals surface area contributed by atoms with Crippen molar-refractivity contribution in [3.8, 4) is 22.6 Å². The molecule has 0 aliphatic carbocycles. The summed E-state index contributed by atoms with van der Waals surface area (Å²) in [7, 11) is 0. The zero-order valence-electron chi connectivity index (χ0n) is 11.3. The molecule has 22 heavy (non-hydrogen) atoms. The van der Waals surface area contributed by atoms with Gasteiger partial charge >= 0.3 is 5.97 Å². The average molecular weight is 297 g/mol. The van der Waals surface area contributed by atoms with Gasteiger partial charge in [-0.25, -0.2) is 4.79 Å². The average Bonchev–Trinajstić information content (AvgIpc) is 2.89. The van der Waals surface area contributed by atoms with E-state index >= 15 is 0 Å². The minimum atomic E-state index is -0.601. The van der Waals surface area contributed by atoms with Crippen molar-refractivity contribution < 1.29 is 19.8 Å². The molecule has 7 heteroatoms. The number of phenolic OH excluding ortho intramolecular Hbond substituents is 1. The molecule has 0 fully saturated rings. The summed E-state index contributed by atoms with van der Waals surface area (Å²) in [4.78, 5) is 11.7. The zero-order valence-corrected chi connectivity index (χ0v) is 11.3. The van der Waals surface area contributed by atoms with Crippen molar-refractivity contribution >= 4 is 17.0 Å². The first-order valence-electron chi connectivity index (χ1n) is 6.31. The van der Waals surface area contributed by atoms with Crippen LogP contribution >= 0.6 is 0 Å². The van der Waals surface area contributed by atoms with E-state index in [9.17, 15) is 15.1 Å². The van der Waals surface area contributed by atoms with Crippen LogP contribution in [-0.2, 0) is 4.79 Å². The van der Waals surface area contributed by atoms with Gasteiger partial charge in [0, 0.05) is 17.2 Å². The monoisotopic (exact) mass is 297 g/mol. The molecular weight excluding hydrogens is 286 g/mol. The predicted molar refractivity (Wildman–Crippen MR) is 77.6 cm³/mol. The minimum absolute atomic E-state index is 0.0154. The second-order valence-electron chi connectivity index (χ2n) is 4.45. The topological polar surface area (TPSA) is 97.5 Å². The highest BCUT2D eigenvalue weighted by Gasteiger charge is 2.14. The number of hydrogen-bond acceptors (Lipinski definition) is 6. The molecule has 2 aromatic carbocycles. The Kier molecular flexibility index (Phi) is 3.23. The lowest BCUT2D eigenvalue weighted by atomic mass is 10.0. The molecule has 3 rings (SSSR count). The molecule has 0 aliphatic heterocycles. The first-order chi connectivity index (χ1) is 10.6. The second kappa shape index (κ2) is 5.21. The van der Waals surface area contributed by atoms with E-state index in [1.54, 1.807) is 18.2 Å². The van der Waals surface area contributed by atoms with Crippen LogP contribution in [0.5, 0.6) is 11.5 Å². The van der Waals surface area contributed by atoms with Gasteiger partial charge in [-0.1, -0.05) is 18.7 Å². The Hall–Kier alpha value is -3.35. The number of hydrogen-bond donors (Lipinski definition) is 2. The molecule has 1 aromatic heterocycles. The van der Waals surface area contributed by atoms with Crippen molar-refractivity contribution in [1.82, 2.24) is 15.2 Å². The first kappa shape index (κ1) is 13.6. The Bertz CT molecular complexity index is 886. The lowest BCUT2D eigenvalue weighted by Crippen LogP contribution is -2.02. The van der Waals surface area contributed by atoms with Gasteiger partial charge < -0.3 is 15.1 Å². The fourth-order valence-corrected chi connectivity index (χ4v) is 2.09. The molecule has 0 saturated heterocycles. The summed E-state index contributed by atoms with van der Waals surface area (Å²) in [6.45, 7) is 3.33. The maximum Gasteiger partial charge on any atom is 0.335 e. The van der Waals surface area contributed by atoms with Crippen LogP contribution in [0.15, 0.2) is 49.1 Å². The van der Waals surface area contributed by atoms with Gasteiger partial charge in [0.15, 0.2) is 0 Å². The van der Waals surface area contributed by atoms with Crippen LogP contribution in [0.4, 0.5) is 0 Å². The molecule has 0 bridgehead atoms. The number of esters is 1. The van der Waals surface area contributed by atoms with Gasteiger partial charge in [0.2, 0.25) is 0 Å². The quantitative estimate of drug-likeness (QED) is 0.333. The van der Waals surface area contributed by atoms with Gasteiger partial charge in [0.1, 0.15) is 22.5 Å². The summed E-state index contributed by atoms with van der Waals surface area (Å²) < 4.78 is 5.04. The van der Waals surface area contributed by atoms with Crippen LogP contribution in [0.1, 0.15) is 0 Å². The number of phenols is 1. The molecule has 0 atom stereocenters. The van der Waals surface area contributed by atoms with Gasteiger partial charge in [0.05, 0.1) is 0 Å². The van der Waals surface area contributed by atoms with Crippen molar-refractivity contribution in [3.05, 3.63) is 49.1 Å². The third-order valence-electron chi connectivity index (χ3n) is 3.04. The summed E-state index contributed by atoms with van der Waals surface area (Å²) in [6, 6.07) is 9.48. The summed E-state index contributed by atoms with van der Waals surface area (Å²) in [5.74, 6) is -0.361. The number of benzene rings is 2.